The van der Waals surface area contributed by atoms with E-state index < -0.39 is 5.54 Å². The van der Waals surface area contributed by atoms with Gasteiger partial charge >= 0.3 is 5.97 Å². The van der Waals surface area contributed by atoms with Crippen LogP contribution in [0.25, 0.3) is 0 Å². The van der Waals surface area contributed by atoms with Gasteiger partial charge in [-0.1, -0.05) is 13.0 Å². The molecule has 0 aliphatic heterocycles. The maximum Gasteiger partial charge on any atom is 0.307 e. The minimum Gasteiger partial charge on any atom is -0.469 e. The molecule has 0 saturated heterocycles. The summed E-state index contributed by atoms with van der Waals surface area (Å²) in [5.41, 5.74) is 5.67. The fraction of sp³-hybridized carbons (Fsp3) is 0.727. The predicted octanol–water partition coefficient (Wildman–Crippen LogP) is 2.44. The van der Waals surface area contributed by atoms with Gasteiger partial charge in [0.2, 0.25) is 0 Å². The van der Waals surface area contributed by atoms with Crippen LogP contribution in [0, 0.1) is 0 Å². The second-order valence-electron chi connectivity index (χ2n) is 3.65. The van der Waals surface area contributed by atoms with E-state index in [1.165, 1.54) is 7.11 Å². The second-order valence-corrected chi connectivity index (χ2v) is 3.65. The third-order valence-corrected chi connectivity index (χ3v) is 2.51. The Kier molecular flexibility index (Phi) is 9.84. The molecule has 0 rings (SSSR count). The van der Waals surface area contributed by atoms with Gasteiger partial charge in [-0.3, -0.25) is 4.79 Å². The standard InChI is InChI=1S/C11H21NO2.ClH/c1-4-6-7-8-11(12,5-2)9-10(13)14-3;/h4H,1,5-9,12H2,2-3H3;1H. The molecule has 0 aromatic carbocycles. The van der Waals surface area contributed by atoms with Crippen LogP contribution in [0.5, 0.6) is 0 Å². The van der Waals surface area contributed by atoms with Crippen LogP contribution in [0.2, 0.25) is 0 Å². The van der Waals surface area contributed by atoms with E-state index in [-0.39, 0.29) is 18.4 Å². The van der Waals surface area contributed by atoms with Crippen LogP contribution in [0.1, 0.15) is 39.0 Å². The molecule has 0 heterocycles. The number of hydrogen-bond acceptors (Lipinski definition) is 3. The number of ether oxygens (including phenoxy) is 1. The summed E-state index contributed by atoms with van der Waals surface area (Å²) in [6.07, 6.45) is 5.72. The Morgan fingerprint density at radius 2 is 2.20 bits per heavy atom. The van der Waals surface area contributed by atoms with E-state index in [2.05, 4.69) is 11.3 Å². The average molecular weight is 236 g/mol. The first-order valence-electron chi connectivity index (χ1n) is 5.04. The third-order valence-electron chi connectivity index (χ3n) is 2.51. The first-order chi connectivity index (χ1) is 6.58. The molecule has 1 atom stereocenters. The lowest BCUT2D eigenvalue weighted by Crippen LogP contribution is -2.41. The van der Waals surface area contributed by atoms with Crippen LogP contribution in [-0.4, -0.2) is 18.6 Å². The zero-order valence-corrected chi connectivity index (χ0v) is 10.4. The van der Waals surface area contributed by atoms with Gasteiger partial charge in [-0.15, -0.1) is 19.0 Å². The van der Waals surface area contributed by atoms with Gasteiger partial charge in [0.1, 0.15) is 0 Å². The van der Waals surface area contributed by atoms with Crippen molar-refractivity contribution in [1.82, 2.24) is 0 Å². The molecular weight excluding hydrogens is 214 g/mol. The zero-order valence-electron chi connectivity index (χ0n) is 9.62. The van der Waals surface area contributed by atoms with Crippen molar-refractivity contribution in [2.75, 3.05) is 7.11 Å². The minimum absolute atomic E-state index is 0. The average Bonchev–Trinajstić information content (AvgIpc) is 2.18. The zero-order chi connectivity index (χ0) is 11.0. The Hall–Kier alpha value is -0.540. The Bertz CT molecular complexity index is 197. The smallest absolute Gasteiger partial charge is 0.307 e. The fourth-order valence-corrected chi connectivity index (χ4v) is 1.35. The van der Waals surface area contributed by atoms with Gasteiger partial charge in [-0.05, 0) is 25.7 Å². The lowest BCUT2D eigenvalue weighted by Gasteiger charge is -2.26. The van der Waals surface area contributed by atoms with Gasteiger partial charge in [0.25, 0.3) is 0 Å². The summed E-state index contributed by atoms with van der Waals surface area (Å²) in [7, 11) is 1.39. The van der Waals surface area contributed by atoms with E-state index in [0.717, 1.165) is 25.7 Å². The molecule has 90 valence electrons. The third kappa shape index (κ3) is 7.40. The summed E-state index contributed by atoms with van der Waals surface area (Å²) in [4.78, 5) is 11.1. The first kappa shape index (κ1) is 16.9. The maximum absolute atomic E-state index is 11.1. The highest BCUT2D eigenvalue weighted by Gasteiger charge is 2.25. The summed E-state index contributed by atoms with van der Waals surface area (Å²) in [6.45, 7) is 5.65. The number of carbonyl (C=O) groups is 1. The molecule has 0 spiro atoms. The highest BCUT2D eigenvalue weighted by atomic mass is 35.5. The van der Waals surface area contributed by atoms with Crippen LogP contribution in [0.15, 0.2) is 12.7 Å². The van der Waals surface area contributed by atoms with Crippen LogP contribution in [0.3, 0.4) is 0 Å². The van der Waals surface area contributed by atoms with E-state index in [9.17, 15) is 4.79 Å². The van der Waals surface area contributed by atoms with Crippen molar-refractivity contribution in [3.8, 4) is 0 Å². The molecule has 0 saturated carbocycles. The summed E-state index contributed by atoms with van der Waals surface area (Å²) in [5, 5.41) is 0. The number of carbonyl (C=O) groups excluding carboxylic acids is 1. The van der Waals surface area contributed by atoms with Gasteiger partial charge in [-0.2, -0.15) is 0 Å². The van der Waals surface area contributed by atoms with E-state index in [0.29, 0.717) is 6.42 Å². The Labute approximate surface area is 98.5 Å². The first-order valence-corrected chi connectivity index (χ1v) is 5.04. The van der Waals surface area contributed by atoms with Crippen LogP contribution in [0.4, 0.5) is 0 Å². The van der Waals surface area contributed by atoms with Crippen LogP contribution < -0.4 is 5.73 Å². The van der Waals surface area contributed by atoms with Crippen LogP contribution >= 0.6 is 12.4 Å². The van der Waals surface area contributed by atoms with Gasteiger partial charge in [0, 0.05) is 5.54 Å². The summed E-state index contributed by atoms with van der Waals surface area (Å²) in [5.74, 6) is -0.229. The molecule has 0 aliphatic carbocycles. The predicted molar refractivity (Wildman–Crippen MR) is 65.1 cm³/mol. The monoisotopic (exact) mass is 235 g/mol. The molecule has 0 aliphatic rings. The second kappa shape index (κ2) is 8.74. The number of methoxy groups -OCH3 is 1. The Balaban J connectivity index is 0. The molecule has 4 heteroatoms. The number of nitrogens with two attached hydrogens (primary N) is 1. The summed E-state index contributed by atoms with van der Waals surface area (Å²) >= 11 is 0. The van der Waals surface area contributed by atoms with E-state index in [1.807, 2.05) is 13.0 Å². The molecule has 3 nitrogen and oxygen atoms in total. The van der Waals surface area contributed by atoms with Crippen LogP contribution in [-0.2, 0) is 9.53 Å². The van der Waals surface area contributed by atoms with Crippen molar-refractivity contribution in [2.24, 2.45) is 5.73 Å². The minimum atomic E-state index is -0.407. The lowest BCUT2D eigenvalue weighted by atomic mass is 9.87. The highest BCUT2D eigenvalue weighted by molar-refractivity contribution is 5.85. The van der Waals surface area contributed by atoms with Gasteiger partial charge < -0.3 is 10.5 Å². The van der Waals surface area contributed by atoms with Crippen molar-refractivity contribution >= 4 is 18.4 Å². The van der Waals surface area contributed by atoms with E-state index in [4.69, 9.17) is 5.73 Å². The number of unbranched alkanes of at least 4 members (excludes halogenated alkanes) is 1. The molecule has 0 aromatic rings. The molecular formula is C11H22ClNO2. The molecule has 0 fully saturated rings. The fourth-order valence-electron chi connectivity index (χ4n) is 1.35. The molecule has 15 heavy (non-hydrogen) atoms. The molecule has 0 amide bonds. The number of rotatable bonds is 7. The Morgan fingerprint density at radius 3 is 2.60 bits per heavy atom. The van der Waals surface area contributed by atoms with Gasteiger partial charge in [0.05, 0.1) is 13.5 Å². The van der Waals surface area contributed by atoms with Crippen molar-refractivity contribution in [1.29, 1.82) is 0 Å². The molecule has 0 aromatic heterocycles. The van der Waals surface area contributed by atoms with Crippen molar-refractivity contribution in [3.05, 3.63) is 12.7 Å². The summed E-state index contributed by atoms with van der Waals surface area (Å²) in [6, 6.07) is 0. The molecule has 0 bridgehead atoms. The lowest BCUT2D eigenvalue weighted by molar-refractivity contribution is -0.142. The Morgan fingerprint density at radius 1 is 1.60 bits per heavy atom. The van der Waals surface area contributed by atoms with Crippen molar-refractivity contribution < 1.29 is 9.53 Å². The molecule has 0 radical (unpaired) electrons. The van der Waals surface area contributed by atoms with Crippen molar-refractivity contribution in [2.45, 2.75) is 44.6 Å². The topological polar surface area (TPSA) is 52.3 Å². The number of allylic oxidation sites excluding steroid dienone is 1. The largest absolute Gasteiger partial charge is 0.469 e. The quantitative estimate of drug-likeness (QED) is 0.419. The van der Waals surface area contributed by atoms with E-state index >= 15 is 0 Å². The maximum atomic E-state index is 11.1. The van der Waals surface area contributed by atoms with Gasteiger partial charge in [0.15, 0.2) is 0 Å². The highest BCUT2D eigenvalue weighted by Crippen LogP contribution is 2.20. The van der Waals surface area contributed by atoms with Crippen molar-refractivity contribution in [3.63, 3.8) is 0 Å². The normalized spacial score (nSPS) is 13.5. The number of halogens is 1. The van der Waals surface area contributed by atoms with Gasteiger partial charge in [-0.25, -0.2) is 0 Å². The molecule has 1 unspecified atom stereocenters. The molecule has 2 N–H and O–H groups in total. The number of esters is 1. The van der Waals surface area contributed by atoms with E-state index in [1.54, 1.807) is 0 Å². The number of hydrogen-bond donors (Lipinski definition) is 1. The summed E-state index contributed by atoms with van der Waals surface area (Å²) < 4.78 is 4.61. The SMILES string of the molecule is C=CCCCC(N)(CC)CC(=O)OC.Cl.